The number of ether oxygens (including phenoxy) is 1. The molecule has 0 bridgehead atoms. The molecule has 9 nitrogen and oxygen atoms in total. The maximum absolute atomic E-state index is 12.6. The first kappa shape index (κ1) is 24.1. The van der Waals surface area contributed by atoms with Crippen molar-refractivity contribution in [3.63, 3.8) is 0 Å². The number of nitrogens with one attached hydrogen (secondary N) is 3. The van der Waals surface area contributed by atoms with Gasteiger partial charge in [-0.1, -0.05) is 51.1 Å². The van der Waals surface area contributed by atoms with Gasteiger partial charge in [-0.05, 0) is 18.0 Å². The lowest BCUT2D eigenvalue weighted by atomic mass is 10.0. The van der Waals surface area contributed by atoms with E-state index in [2.05, 4.69) is 16.0 Å². The number of carboxylic acid groups (broad SMARTS) is 1. The molecule has 0 aliphatic carbocycles. The largest absolute Gasteiger partial charge is 0.480 e. The van der Waals surface area contributed by atoms with Crippen molar-refractivity contribution in [2.75, 3.05) is 13.1 Å². The predicted molar refractivity (Wildman–Crippen MR) is 106 cm³/mol. The van der Waals surface area contributed by atoms with E-state index in [4.69, 9.17) is 4.74 Å². The highest BCUT2D eigenvalue weighted by molar-refractivity contribution is 5.93. The topological polar surface area (TPSA) is 134 Å². The number of aliphatic carboxylic acids is 1. The average Bonchev–Trinajstić information content (AvgIpc) is 2.68. The van der Waals surface area contributed by atoms with Gasteiger partial charge in [0.15, 0.2) is 0 Å². The molecular formula is C20H29N3O6. The van der Waals surface area contributed by atoms with E-state index in [1.807, 2.05) is 13.0 Å². The zero-order valence-electron chi connectivity index (χ0n) is 16.9. The quantitative estimate of drug-likeness (QED) is 0.369. The van der Waals surface area contributed by atoms with Crippen molar-refractivity contribution in [2.45, 2.75) is 45.9 Å². The van der Waals surface area contributed by atoms with Crippen LogP contribution in [0.15, 0.2) is 30.3 Å². The van der Waals surface area contributed by atoms with Crippen LogP contribution in [0.3, 0.4) is 0 Å². The van der Waals surface area contributed by atoms with Crippen LogP contribution < -0.4 is 16.0 Å². The Bertz CT molecular complexity index is 693. The molecule has 1 aromatic rings. The van der Waals surface area contributed by atoms with Crippen molar-refractivity contribution in [2.24, 2.45) is 5.92 Å². The molecule has 0 saturated heterocycles. The van der Waals surface area contributed by atoms with Crippen LogP contribution in [0.1, 0.15) is 32.8 Å². The number of esters is 1. The van der Waals surface area contributed by atoms with Gasteiger partial charge in [-0.3, -0.25) is 14.4 Å². The summed E-state index contributed by atoms with van der Waals surface area (Å²) in [6.45, 7) is 5.66. The molecule has 29 heavy (non-hydrogen) atoms. The summed E-state index contributed by atoms with van der Waals surface area (Å²) in [7, 11) is 0. The van der Waals surface area contributed by atoms with E-state index in [1.165, 1.54) is 0 Å². The van der Waals surface area contributed by atoms with Gasteiger partial charge >= 0.3 is 11.9 Å². The Morgan fingerprint density at radius 2 is 1.72 bits per heavy atom. The third kappa shape index (κ3) is 9.20. The molecule has 0 saturated carbocycles. The number of amides is 2. The fraction of sp³-hybridized carbons (Fsp3) is 0.500. The lowest BCUT2D eigenvalue weighted by Gasteiger charge is -2.23. The number of hydrogen-bond donors (Lipinski definition) is 4. The van der Waals surface area contributed by atoms with Gasteiger partial charge in [0, 0.05) is 0 Å². The number of carboxylic acids is 1. The van der Waals surface area contributed by atoms with E-state index in [0.29, 0.717) is 6.54 Å². The molecule has 1 aromatic carbocycles. The smallest absolute Gasteiger partial charge is 0.326 e. The maximum Gasteiger partial charge on any atom is 0.326 e. The van der Waals surface area contributed by atoms with Crippen molar-refractivity contribution >= 4 is 23.8 Å². The predicted octanol–water partition coefficient (Wildman–Crippen LogP) is 0.440. The van der Waals surface area contributed by atoms with Crippen molar-refractivity contribution in [1.82, 2.24) is 16.0 Å². The first-order chi connectivity index (χ1) is 13.7. The van der Waals surface area contributed by atoms with Gasteiger partial charge in [0.05, 0.1) is 13.0 Å². The summed E-state index contributed by atoms with van der Waals surface area (Å²) < 4.78 is 5.17. The van der Waals surface area contributed by atoms with Crippen LogP contribution >= 0.6 is 0 Å². The Morgan fingerprint density at radius 3 is 2.28 bits per heavy atom. The fourth-order valence-corrected chi connectivity index (χ4v) is 2.42. The van der Waals surface area contributed by atoms with Crippen LogP contribution in [0, 0.1) is 5.92 Å². The summed E-state index contributed by atoms with van der Waals surface area (Å²) in [5, 5.41) is 16.9. The van der Waals surface area contributed by atoms with Crippen LogP contribution in [0.5, 0.6) is 0 Å². The van der Waals surface area contributed by atoms with E-state index in [-0.39, 0.29) is 19.1 Å². The molecule has 0 heterocycles. The average molecular weight is 407 g/mol. The molecule has 0 aliphatic rings. The maximum atomic E-state index is 12.6. The van der Waals surface area contributed by atoms with Crippen molar-refractivity contribution in [3.8, 4) is 0 Å². The van der Waals surface area contributed by atoms with E-state index in [0.717, 1.165) is 5.56 Å². The van der Waals surface area contributed by atoms with Crippen LogP contribution in [-0.4, -0.2) is 54.0 Å². The summed E-state index contributed by atoms with van der Waals surface area (Å²) in [5.74, 6) is -3.50. The third-order valence-electron chi connectivity index (χ3n) is 4.03. The van der Waals surface area contributed by atoms with Crippen molar-refractivity contribution in [1.29, 1.82) is 0 Å². The second-order valence-electron chi connectivity index (χ2n) is 6.82. The van der Waals surface area contributed by atoms with Gasteiger partial charge in [-0.15, -0.1) is 0 Å². The molecule has 0 spiro atoms. The van der Waals surface area contributed by atoms with Crippen LogP contribution in [-0.2, 0) is 30.5 Å². The summed E-state index contributed by atoms with van der Waals surface area (Å²) in [4.78, 5) is 48.1. The molecular weight excluding hydrogens is 378 g/mol. The van der Waals surface area contributed by atoms with Gasteiger partial charge in [-0.25, -0.2) is 4.79 Å². The van der Waals surface area contributed by atoms with E-state index in [9.17, 15) is 24.3 Å². The van der Waals surface area contributed by atoms with Gasteiger partial charge in [0.25, 0.3) is 0 Å². The lowest BCUT2D eigenvalue weighted by Crippen LogP contribution is -2.54. The van der Waals surface area contributed by atoms with Crippen LogP contribution in [0.25, 0.3) is 0 Å². The number of rotatable bonds is 12. The summed E-state index contributed by atoms with van der Waals surface area (Å²) in [5.41, 5.74) is 0.781. The first-order valence-corrected chi connectivity index (χ1v) is 9.47. The molecule has 4 N–H and O–H groups in total. The second-order valence-corrected chi connectivity index (χ2v) is 6.82. The molecule has 160 valence electrons. The Morgan fingerprint density at radius 1 is 1.07 bits per heavy atom. The normalized spacial score (nSPS) is 12.7. The Kier molecular flexibility index (Phi) is 10.4. The highest BCUT2D eigenvalue weighted by Gasteiger charge is 2.30. The molecule has 0 aromatic heterocycles. The first-order valence-electron chi connectivity index (χ1n) is 9.47. The number of hydrogen-bond acceptors (Lipinski definition) is 6. The minimum Gasteiger partial charge on any atom is -0.480 e. The summed E-state index contributed by atoms with van der Waals surface area (Å²) in [6, 6.07) is 6.63. The van der Waals surface area contributed by atoms with E-state index in [1.54, 1.807) is 38.1 Å². The molecule has 1 rings (SSSR count). The zero-order chi connectivity index (χ0) is 21.8. The number of carbonyl (C=O) groups is 4. The van der Waals surface area contributed by atoms with Crippen molar-refractivity contribution in [3.05, 3.63) is 35.9 Å². The molecule has 0 aliphatic heterocycles. The number of benzene rings is 1. The van der Waals surface area contributed by atoms with Crippen LogP contribution in [0.2, 0.25) is 0 Å². The Balaban J connectivity index is 2.77. The zero-order valence-corrected chi connectivity index (χ0v) is 16.9. The van der Waals surface area contributed by atoms with E-state index < -0.39 is 42.3 Å². The minimum atomic E-state index is -1.25. The van der Waals surface area contributed by atoms with E-state index >= 15 is 0 Å². The third-order valence-corrected chi connectivity index (χ3v) is 4.03. The Hall–Kier alpha value is -2.94. The molecule has 2 amide bonds. The lowest BCUT2D eigenvalue weighted by molar-refractivity contribution is -0.148. The van der Waals surface area contributed by atoms with Crippen LogP contribution in [0.4, 0.5) is 0 Å². The van der Waals surface area contributed by atoms with Crippen molar-refractivity contribution < 1.29 is 29.0 Å². The highest BCUT2D eigenvalue weighted by Crippen LogP contribution is 2.06. The molecule has 0 radical (unpaired) electrons. The standard InChI is InChI=1S/C20H29N3O6/c1-4-21-11-16(24)22-15(19(26)23-18(13(2)3)20(27)28)10-17(25)29-12-14-8-6-5-7-9-14/h5-9,13,15,18,21H,4,10-12H2,1-3H3,(H,22,24)(H,23,26)(H,27,28)/t15-,18+/m0/s1. The Labute approximate surface area is 170 Å². The second kappa shape index (κ2) is 12.5. The van der Waals surface area contributed by atoms with Gasteiger partial charge < -0.3 is 25.8 Å². The molecule has 0 unspecified atom stereocenters. The summed E-state index contributed by atoms with van der Waals surface area (Å²) in [6.07, 6.45) is -0.416. The monoisotopic (exact) mass is 407 g/mol. The number of carbonyl (C=O) groups excluding carboxylic acids is 3. The SMILES string of the molecule is CCNCC(=O)N[C@@H](CC(=O)OCc1ccccc1)C(=O)N[C@@H](C(=O)O)C(C)C. The number of likely N-dealkylation sites (N-methyl/N-ethyl adjacent to an activating group) is 1. The minimum absolute atomic E-state index is 0.0308. The highest BCUT2D eigenvalue weighted by atomic mass is 16.5. The molecule has 2 atom stereocenters. The fourth-order valence-electron chi connectivity index (χ4n) is 2.42. The van der Waals surface area contributed by atoms with Gasteiger partial charge in [0.2, 0.25) is 11.8 Å². The summed E-state index contributed by atoms with van der Waals surface area (Å²) >= 11 is 0. The molecule has 0 fully saturated rings. The van der Waals surface area contributed by atoms with Gasteiger partial charge in [-0.2, -0.15) is 0 Å². The molecule has 9 heteroatoms. The van der Waals surface area contributed by atoms with Gasteiger partial charge in [0.1, 0.15) is 18.7 Å².